The van der Waals surface area contributed by atoms with Crippen LogP contribution in [0.4, 0.5) is 11.5 Å². The SMILES string of the molecule is CCCCN(CC(=O)Nc1c(-c2ccccc2)c(C)nn1-c1ccccc1C)S(=O)(=O)c1ccc([N+](=O)[O-])cc1. The number of aromatic nitrogens is 2. The van der Waals surface area contributed by atoms with Gasteiger partial charge >= 0.3 is 0 Å². The first-order valence-electron chi connectivity index (χ1n) is 12.9. The van der Waals surface area contributed by atoms with E-state index in [0.29, 0.717) is 24.4 Å². The van der Waals surface area contributed by atoms with E-state index in [1.54, 1.807) is 4.68 Å². The maximum absolute atomic E-state index is 13.5. The van der Waals surface area contributed by atoms with Gasteiger partial charge in [0.25, 0.3) is 5.69 Å². The van der Waals surface area contributed by atoms with E-state index in [4.69, 9.17) is 5.10 Å². The maximum atomic E-state index is 13.5. The topological polar surface area (TPSA) is 127 Å². The van der Waals surface area contributed by atoms with Crippen LogP contribution in [0.15, 0.2) is 83.8 Å². The highest BCUT2D eigenvalue weighted by Crippen LogP contribution is 2.34. The third-order valence-electron chi connectivity index (χ3n) is 6.49. The van der Waals surface area contributed by atoms with Crippen molar-refractivity contribution in [2.45, 2.75) is 38.5 Å². The van der Waals surface area contributed by atoms with Crippen LogP contribution >= 0.6 is 0 Å². The molecule has 0 bridgehead atoms. The molecule has 0 aliphatic rings. The number of nitro groups is 1. The normalized spacial score (nSPS) is 11.5. The number of nitro benzene ring substituents is 1. The zero-order valence-corrected chi connectivity index (χ0v) is 23.4. The molecule has 1 aromatic heterocycles. The van der Waals surface area contributed by atoms with Gasteiger partial charge in [-0.25, -0.2) is 13.1 Å². The van der Waals surface area contributed by atoms with Gasteiger partial charge in [-0.1, -0.05) is 61.9 Å². The van der Waals surface area contributed by atoms with Gasteiger partial charge in [0.2, 0.25) is 15.9 Å². The zero-order chi connectivity index (χ0) is 28.9. The summed E-state index contributed by atoms with van der Waals surface area (Å²) in [5, 5.41) is 18.7. The van der Waals surface area contributed by atoms with Crippen molar-refractivity contribution in [1.82, 2.24) is 14.1 Å². The lowest BCUT2D eigenvalue weighted by molar-refractivity contribution is -0.384. The minimum absolute atomic E-state index is 0.116. The molecule has 4 aromatic rings. The average molecular weight is 562 g/mol. The molecular weight excluding hydrogens is 530 g/mol. The van der Waals surface area contributed by atoms with Crippen LogP contribution in [-0.4, -0.2) is 46.4 Å². The monoisotopic (exact) mass is 561 g/mol. The number of sulfonamides is 1. The molecule has 0 fully saturated rings. The summed E-state index contributed by atoms with van der Waals surface area (Å²) in [5.41, 5.74) is 3.80. The summed E-state index contributed by atoms with van der Waals surface area (Å²) in [5.74, 6) is -0.0975. The van der Waals surface area contributed by atoms with E-state index in [1.807, 2.05) is 75.4 Å². The van der Waals surface area contributed by atoms with Crippen molar-refractivity contribution in [3.05, 3.63) is 100 Å². The number of benzene rings is 3. The highest BCUT2D eigenvalue weighted by molar-refractivity contribution is 7.89. The lowest BCUT2D eigenvalue weighted by atomic mass is 10.1. The van der Waals surface area contributed by atoms with Gasteiger partial charge in [0.15, 0.2) is 0 Å². The first kappa shape index (κ1) is 28.7. The molecule has 0 atom stereocenters. The third-order valence-corrected chi connectivity index (χ3v) is 8.35. The molecule has 0 saturated carbocycles. The highest BCUT2D eigenvalue weighted by atomic mass is 32.2. The van der Waals surface area contributed by atoms with Gasteiger partial charge in [0, 0.05) is 24.2 Å². The number of unbranched alkanes of at least 4 members (excludes halogenated alkanes) is 1. The van der Waals surface area contributed by atoms with Gasteiger partial charge in [-0.15, -0.1) is 0 Å². The molecule has 208 valence electrons. The number of rotatable bonds is 11. The van der Waals surface area contributed by atoms with Crippen molar-refractivity contribution in [2.75, 3.05) is 18.4 Å². The van der Waals surface area contributed by atoms with Gasteiger partial charge in [-0.05, 0) is 49.6 Å². The van der Waals surface area contributed by atoms with E-state index in [2.05, 4.69) is 5.32 Å². The Morgan fingerprint density at radius 3 is 2.27 bits per heavy atom. The number of nitrogens with one attached hydrogen (secondary N) is 1. The molecule has 1 amide bonds. The van der Waals surface area contributed by atoms with E-state index >= 15 is 0 Å². The van der Waals surface area contributed by atoms with E-state index in [-0.39, 0.29) is 17.1 Å². The Labute approximate surface area is 233 Å². The quantitative estimate of drug-likeness (QED) is 0.190. The van der Waals surface area contributed by atoms with Gasteiger partial charge in [-0.3, -0.25) is 14.9 Å². The number of hydrogen-bond acceptors (Lipinski definition) is 6. The van der Waals surface area contributed by atoms with E-state index in [0.717, 1.165) is 38.8 Å². The van der Waals surface area contributed by atoms with Crippen LogP contribution in [0.25, 0.3) is 16.8 Å². The molecule has 1 N–H and O–H groups in total. The molecule has 1 heterocycles. The molecule has 0 unspecified atom stereocenters. The second-order valence-corrected chi connectivity index (χ2v) is 11.3. The molecule has 10 nitrogen and oxygen atoms in total. The van der Waals surface area contributed by atoms with E-state index in [9.17, 15) is 23.3 Å². The summed E-state index contributed by atoms with van der Waals surface area (Å²) >= 11 is 0. The Hall–Kier alpha value is -4.35. The fourth-order valence-electron chi connectivity index (χ4n) is 4.41. The number of amides is 1. The van der Waals surface area contributed by atoms with E-state index in [1.165, 1.54) is 12.1 Å². The van der Waals surface area contributed by atoms with Gasteiger partial charge in [0.1, 0.15) is 5.82 Å². The summed E-state index contributed by atoms with van der Waals surface area (Å²) in [7, 11) is -4.10. The summed E-state index contributed by atoms with van der Waals surface area (Å²) in [6.07, 6.45) is 1.25. The van der Waals surface area contributed by atoms with E-state index < -0.39 is 27.4 Å². The second-order valence-electron chi connectivity index (χ2n) is 9.36. The van der Waals surface area contributed by atoms with Gasteiger partial charge < -0.3 is 5.32 Å². The smallest absolute Gasteiger partial charge is 0.269 e. The molecule has 11 heteroatoms. The minimum atomic E-state index is -4.10. The Kier molecular flexibility index (Phi) is 8.76. The molecule has 40 heavy (non-hydrogen) atoms. The first-order chi connectivity index (χ1) is 19.1. The largest absolute Gasteiger partial charge is 0.309 e. The van der Waals surface area contributed by atoms with Crippen LogP contribution in [0.2, 0.25) is 0 Å². The predicted octanol–water partition coefficient (Wildman–Crippen LogP) is 5.49. The minimum Gasteiger partial charge on any atom is -0.309 e. The second kappa shape index (κ2) is 12.2. The molecule has 0 saturated heterocycles. The predicted molar refractivity (Wildman–Crippen MR) is 154 cm³/mol. The number of carbonyl (C=O) groups is 1. The first-order valence-corrected chi connectivity index (χ1v) is 14.3. The van der Waals surface area contributed by atoms with Crippen LogP contribution < -0.4 is 5.32 Å². The van der Waals surface area contributed by atoms with Crippen LogP contribution in [0, 0.1) is 24.0 Å². The summed E-state index contributed by atoms with van der Waals surface area (Å²) < 4.78 is 29.8. The van der Waals surface area contributed by atoms with Crippen molar-refractivity contribution in [1.29, 1.82) is 0 Å². The van der Waals surface area contributed by atoms with Crippen molar-refractivity contribution < 1.29 is 18.1 Å². The molecule has 3 aromatic carbocycles. The summed E-state index contributed by atoms with van der Waals surface area (Å²) in [6.45, 7) is 5.41. The van der Waals surface area contributed by atoms with Gasteiger partial charge in [0.05, 0.1) is 27.7 Å². The molecule has 4 rings (SSSR count). The number of hydrogen-bond donors (Lipinski definition) is 1. The fourth-order valence-corrected chi connectivity index (χ4v) is 5.84. The molecule has 0 radical (unpaired) electrons. The standard InChI is InChI=1S/C29H31N5O5S/c1-4-5-19-32(40(38,39)25-17-15-24(16-18-25)34(36)37)20-27(35)30-29-28(23-12-7-6-8-13-23)22(3)31-33(29)26-14-10-9-11-21(26)2/h6-18H,4-5,19-20H2,1-3H3,(H,30,35). The Morgan fingerprint density at radius 1 is 1.00 bits per heavy atom. The Balaban J connectivity index is 1.71. The Bertz CT molecular complexity index is 1620. The number of non-ortho nitro benzene ring substituents is 1. The van der Waals surface area contributed by atoms with Crippen molar-refractivity contribution in [3.8, 4) is 16.8 Å². The average Bonchev–Trinajstić information content (AvgIpc) is 3.26. The van der Waals surface area contributed by atoms with Crippen molar-refractivity contribution >= 4 is 27.4 Å². The van der Waals surface area contributed by atoms with Crippen LogP contribution in [0.3, 0.4) is 0 Å². The summed E-state index contributed by atoms with van der Waals surface area (Å²) in [6, 6.07) is 21.9. The number of anilines is 1. The number of carbonyl (C=O) groups excluding carboxylic acids is 1. The van der Waals surface area contributed by atoms with Crippen molar-refractivity contribution in [3.63, 3.8) is 0 Å². The molecule has 0 spiro atoms. The molecule has 0 aliphatic carbocycles. The highest BCUT2D eigenvalue weighted by Gasteiger charge is 2.28. The lowest BCUT2D eigenvalue weighted by Crippen LogP contribution is -2.39. The van der Waals surface area contributed by atoms with Crippen LogP contribution in [-0.2, 0) is 14.8 Å². The summed E-state index contributed by atoms with van der Waals surface area (Å²) in [4.78, 5) is 23.8. The number of para-hydroxylation sites is 1. The van der Waals surface area contributed by atoms with Crippen LogP contribution in [0.1, 0.15) is 31.0 Å². The molecular formula is C29H31N5O5S. The maximum Gasteiger partial charge on any atom is 0.269 e. The fraction of sp³-hybridized carbons (Fsp3) is 0.241. The number of aryl methyl sites for hydroxylation is 2. The Morgan fingerprint density at radius 2 is 1.65 bits per heavy atom. The van der Waals surface area contributed by atoms with Gasteiger partial charge in [-0.2, -0.15) is 9.40 Å². The number of nitrogens with zero attached hydrogens (tertiary/aromatic N) is 4. The third kappa shape index (κ3) is 6.11. The van der Waals surface area contributed by atoms with Crippen molar-refractivity contribution in [2.24, 2.45) is 0 Å². The molecule has 0 aliphatic heterocycles. The zero-order valence-electron chi connectivity index (χ0n) is 22.6. The van der Waals surface area contributed by atoms with Crippen LogP contribution in [0.5, 0.6) is 0 Å². The lowest BCUT2D eigenvalue weighted by Gasteiger charge is -2.22.